The molecule has 2 heterocycles. The summed E-state index contributed by atoms with van der Waals surface area (Å²) in [7, 11) is 1.66. The molecule has 13 nitrogen and oxygen atoms in total. The summed E-state index contributed by atoms with van der Waals surface area (Å²) in [6.07, 6.45) is 4.38. The zero-order valence-electron chi connectivity index (χ0n) is 39.3. The summed E-state index contributed by atoms with van der Waals surface area (Å²) in [5.74, 6) is -3.81. The summed E-state index contributed by atoms with van der Waals surface area (Å²) < 4.78 is 72.9. The van der Waals surface area contributed by atoms with E-state index in [1.807, 2.05) is 0 Å². The molecule has 0 radical (unpaired) electrons. The lowest BCUT2D eigenvalue weighted by atomic mass is 9.81. The summed E-state index contributed by atoms with van der Waals surface area (Å²) in [5, 5.41) is 18.5. The molecule has 0 amide bonds. The number of fused-ring (bicyclic) bond motifs is 2. The number of benzene rings is 2. The summed E-state index contributed by atoms with van der Waals surface area (Å²) >= 11 is 7.28. The van der Waals surface area contributed by atoms with Gasteiger partial charge in [0.1, 0.15) is 12.6 Å². The molecular weight excluding hydrogens is 897 g/mol. The lowest BCUT2D eigenvalue weighted by Crippen LogP contribution is -2.37. The van der Waals surface area contributed by atoms with Crippen molar-refractivity contribution < 1.29 is 70.7 Å². The fourth-order valence-electron chi connectivity index (χ4n) is 8.07. The predicted molar refractivity (Wildman–Crippen MR) is 247 cm³/mol. The highest BCUT2D eigenvalue weighted by Gasteiger charge is 2.44. The van der Waals surface area contributed by atoms with Crippen LogP contribution >= 0.6 is 11.6 Å². The molecule has 370 valence electrons. The van der Waals surface area contributed by atoms with Gasteiger partial charge >= 0.3 is 12.1 Å². The molecule has 0 aromatic heterocycles. The number of para-hydroxylation sites is 2. The number of carbonyl (C=O) groups excluding carboxylic acids is 1. The standard InChI is InChI=1S/C48H65ClN2O9.C2HF3O2/c1-47(2)39-13-6-8-15-41(39)50(22-25-56-30-29-55-24-21-45(52)53)43(47)19-17-37-11-10-12-38(46(37)49)18-20-44-48(3,4)40-14-7-9-16-42(40)51(44)23-26-57-31-32-59-35-36-60-34-33-58-28-27-54-5;3-2(4,5)1(6)7/h6-9,13-19,38H,10-12,21-36H2,1-5H3;(H,6,7)/b19-17+;. The molecule has 17 heteroatoms. The van der Waals surface area contributed by atoms with Crippen molar-refractivity contribution in [3.63, 3.8) is 0 Å². The highest BCUT2D eigenvalue weighted by atomic mass is 35.5. The van der Waals surface area contributed by atoms with E-state index in [1.54, 1.807) is 7.11 Å². The van der Waals surface area contributed by atoms with Crippen LogP contribution in [0.3, 0.4) is 0 Å². The lowest BCUT2D eigenvalue weighted by molar-refractivity contribution is -0.442. The average Bonchev–Trinajstić information content (AvgIpc) is 3.64. The Balaban J connectivity index is 0.00000129. The van der Waals surface area contributed by atoms with E-state index in [-0.39, 0.29) is 29.8 Å². The first-order valence-corrected chi connectivity index (χ1v) is 23.0. The van der Waals surface area contributed by atoms with E-state index in [0.29, 0.717) is 92.4 Å². The summed E-state index contributed by atoms with van der Waals surface area (Å²) in [5.41, 5.74) is 11.7. The van der Waals surface area contributed by atoms with E-state index < -0.39 is 18.1 Å². The Morgan fingerprint density at radius 1 is 0.806 bits per heavy atom. The topological polar surface area (TPSA) is 148 Å². The Kier molecular flexibility index (Phi) is 22.8. The molecule has 1 aliphatic carbocycles. The van der Waals surface area contributed by atoms with Crippen LogP contribution in [0, 0.1) is 5.92 Å². The molecule has 0 spiro atoms. The first-order valence-electron chi connectivity index (χ1n) is 22.6. The third kappa shape index (κ3) is 16.7. The number of ether oxygens (including phenoxy) is 7. The van der Waals surface area contributed by atoms with Gasteiger partial charge in [-0.05, 0) is 70.2 Å². The Morgan fingerprint density at radius 2 is 1.34 bits per heavy atom. The minimum Gasteiger partial charge on any atom is -0.542 e. The number of anilines is 1. The maximum atomic E-state index is 10.7. The van der Waals surface area contributed by atoms with Crippen molar-refractivity contribution in [2.45, 2.75) is 70.4 Å². The van der Waals surface area contributed by atoms with E-state index in [2.05, 4.69) is 110 Å². The average molecular weight is 964 g/mol. The van der Waals surface area contributed by atoms with Gasteiger partial charge in [-0.1, -0.05) is 54.1 Å². The number of hydrogen-bond acceptors (Lipinski definition) is 11. The van der Waals surface area contributed by atoms with Gasteiger partial charge in [0.05, 0.1) is 96.8 Å². The van der Waals surface area contributed by atoms with Gasteiger partial charge in [0, 0.05) is 53.4 Å². The molecule has 1 N–H and O–H groups in total. The third-order valence-corrected chi connectivity index (χ3v) is 12.0. The minimum atomic E-state index is -5.19. The number of carboxylic acids is 2. The van der Waals surface area contributed by atoms with Crippen LogP contribution in [-0.4, -0.2) is 140 Å². The first kappa shape index (κ1) is 55.2. The molecule has 0 saturated heterocycles. The number of allylic oxidation sites excluding steroid dienone is 5. The molecule has 2 aliphatic heterocycles. The summed E-state index contributed by atoms with van der Waals surface area (Å²) in [6.45, 7) is 16.7. The molecule has 1 atom stereocenters. The van der Waals surface area contributed by atoms with Crippen molar-refractivity contribution in [2.75, 3.05) is 111 Å². The van der Waals surface area contributed by atoms with Crippen molar-refractivity contribution in [1.82, 2.24) is 0 Å². The van der Waals surface area contributed by atoms with E-state index >= 15 is 0 Å². The number of halogens is 4. The van der Waals surface area contributed by atoms with Gasteiger partial charge in [0.25, 0.3) is 0 Å². The second-order valence-electron chi connectivity index (χ2n) is 16.9. The van der Waals surface area contributed by atoms with E-state index in [0.717, 1.165) is 35.6 Å². The highest BCUT2D eigenvalue weighted by Crippen LogP contribution is 2.47. The van der Waals surface area contributed by atoms with Gasteiger partial charge in [-0.2, -0.15) is 17.7 Å². The fraction of sp³-hybridized carbons (Fsp3) is 0.560. The minimum absolute atomic E-state index is 0.00905. The molecule has 2 aromatic rings. The van der Waals surface area contributed by atoms with Crippen LogP contribution in [-0.2, 0) is 53.6 Å². The number of aliphatic carboxylic acids is 2. The molecule has 0 fully saturated rings. The lowest BCUT2D eigenvalue weighted by Gasteiger charge is -2.26. The van der Waals surface area contributed by atoms with Crippen LogP contribution in [0.25, 0.3) is 0 Å². The molecule has 67 heavy (non-hydrogen) atoms. The van der Waals surface area contributed by atoms with Crippen molar-refractivity contribution in [3.05, 3.63) is 99.9 Å². The van der Waals surface area contributed by atoms with Crippen molar-refractivity contribution >= 4 is 40.6 Å². The van der Waals surface area contributed by atoms with Crippen LogP contribution < -0.4 is 10.0 Å². The Bertz CT molecular complexity index is 2080. The number of nitrogens with zero attached hydrogens (tertiary/aromatic N) is 2. The van der Waals surface area contributed by atoms with Gasteiger partial charge in [-0.3, -0.25) is 4.79 Å². The molecule has 0 saturated carbocycles. The van der Waals surface area contributed by atoms with Crippen molar-refractivity contribution in [3.8, 4) is 0 Å². The zero-order valence-corrected chi connectivity index (χ0v) is 40.1. The first-order chi connectivity index (χ1) is 32.0. The second kappa shape index (κ2) is 27.6. The monoisotopic (exact) mass is 962 g/mol. The smallest absolute Gasteiger partial charge is 0.430 e. The van der Waals surface area contributed by atoms with Gasteiger partial charge < -0.3 is 53.1 Å². The number of hydrogen-bond donors (Lipinski definition) is 1. The summed E-state index contributed by atoms with van der Waals surface area (Å²) in [4.78, 5) is 21.9. The number of rotatable bonds is 27. The molecule has 0 bridgehead atoms. The van der Waals surface area contributed by atoms with Crippen LogP contribution in [0.2, 0.25) is 0 Å². The second-order valence-corrected chi connectivity index (χ2v) is 17.3. The van der Waals surface area contributed by atoms with Crippen molar-refractivity contribution in [2.24, 2.45) is 5.92 Å². The quantitative estimate of drug-likeness (QED) is 0.0546. The SMILES string of the molecule is COCCOCCOCCOCCOCCN1C(=C=CC2CCCC(/C=C/C3=[N+](CCOCCOCCC(=O)O)c4ccccc4C3(C)C)=C2Cl)C(C)(C)c2ccccc21.O=C([O-])C(F)(F)F. The van der Waals surface area contributed by atoms with Crippen molar-refractivity contribution in [1.29, 1.82) is 0 Å². The number of methoxy groups -OCH3 is 1. The molecule has 1 unspecified atom stereocenters. The zero-order chi connectivity index (χ0) is 48.9. The van der Waals surface area contributed by atoms with E-state index in [9.17, 15) is 18.0 Å². The van der Waals surface area contributed by atoms with Gasteiger partial charge in [-0.25, -0.2) is 0 Å². The molecular formula is C50H66ClF3N2O11. The maximum Gasteiger partial charge on any atom is 0.430 e. The van der Waals surface area contributed by atoms with Crippen LogP contribution in [0.15, 0.2) is 88.8 Å². The van der Waals surface area contributed by atoms with Crippen LogP contribution in [0.1, 0.15) is 64.5 Å². The van der Waals surface area contributed by atoms with Gasteiger partial charge in [0.15, 0.2) is 12.3 Å². The predicted octanol–water partition coefficient (Wildman–Crippen LogP) is 7.27. The highest BCUT2D eigenvalue weighted by molar-refractivity contribution is 6.30. The molecule has 3 aliphatic rings. The number of carboxylic acid groups (broad SMARTS) is 2. The maximum absolute atomic E-state index is 10.7. The largest absolute Gasteiger partial charge is 0.542 e. The molecule has 5 rings (SSSR count). The molecule has 2 aromatic carbocycles. The van der Waals surface area contributed by atoms with E-state index in [4.69, 9.17) is 59.8 Å². The Morgan fingerprint density at radius 3 is 1.94 bits per heavy atom. The number of alkyl halides is 3. The third-order valence-electron chi connectivity index (χ3n) is 11.5. The van der Waals surface area contributed by atoms with Crippen LogP contribution in [0.4, 0.5) is 24.5 Å². The van der Waals surface area contributed by atoms with Gasteiger partial charge in [-0.15, -0.1) is 5.73 Å². The van der Waals surface area contributed by atoms with E-state index in [1.165, 1.54) is 28.2 Å². The van der Waals surface area contributed by atoms with Crippen LogP contribution in [0.5, 0.6) is 0 Å². The summed E-state index contributed by atoms with van der Waals surface area (Å²) in [6, 6.07) is 17.2. The Labute approximate surface area is 397 Å². The fourth-order valence-corrected chi connectivity index (χ4v) is 8.40. The van der Waals surface area contributed by atoms with Gasteiger partial charge in [0.2, 0.25) is 5.69 Å². The number of carbonyl (C=O) groups is 2. The normalized spacial score (nSPS) is 17.4. The Hall–Kier alpha value is -4.35.